The highest BCUT2D eigenvalue weighted by atomic mass is 16.7. The molecule has 3 aromatic carbocycles. The van der Waals surface area contributed by atoms with Gasteiger partial charge in [-0.05, 0) is 76.8 Å². The molecule has 0 amide bonds. The molecule has 0 aromatic heterocycles. The third-order valence-corrected chi connectivity index (χ3v) is 5.05. The molecule has 6 nitrogen and oxygen atoms in total. The molecule has 0 aliphatic carbocycles. The lowest BCUT2D eigenvalue weighted by Gasteiger charge is -2.13. The van der Waals surface area contributed by atoms with E-state index in [1.165, 1.54) is 5.56 Å². The van der Waals surface area contributed by atoms with Gasteiger partial charge in [-0.3, -0.25) is 4.79 Å². The maximum Gasteiger partial charge on any atom is 0.303 e. The Morgan fingerprint density at radius 2 is 1.89 bits per heavy atom. The van der Waals surface area contributed by atoms with Crippen LogP contribution < -0.4 is 19.5 Å². The molecule has 0 bridgehead atoms. The first-order valence-electron chi connectivity index (χ1n) is 9.41. The first-order valence-corrected chi connectivity index (χ1v) is 9.41. The van der Waals surface area contributed by atoms with Crippen LogP contribution in [-0.2, 0) is 11.3 Å². The Morgan fingerprint density at radius 1 is 1.07 bits per heavy atom. The largest absolute Gasteiger partial charge is 0.497 e. The molecule has 0 spiro atoms. The summed E-state index contributed by atoms with van der Waals surface area (Å²) < 4.78 is 16.5. The molecule has 0 unspecified atom stereocenters. The molecule has 0 fully saturated rings. The number of carboxylic acid groups (broad SMARTS) is 1. The summed E-state index contributed by atoms with van der Waals surface area (Å²) in [6.07, 6.45) is 1.74. The number of methoxy groups -OCH3 is 1. The minimum atomic E-state index is -0.742. The predicted molar refractivity (Wildman–Crippen MR) is 107 cm³/mol. The highest BCUT2D eigenvalue weighted by Crippen LogP contribution is 2.40. The summed E-state index contributed by atoms with van der Waals surface area (Å²) in [4.78, 5) is 10.6. The Bertz CT molecular complexity index is 1030. The third-order valence-electron chi connectivity index (χ3n) is 5.05. The van der Waals surface area contributed by atoms with Gasteiger partial charge in [-0.2, -0.15) is 0 Å². The second-order valence-corrected chi connectivity index (χ2v) is 6.90. The lowest BCUT2D eigenvalue weighted by atomic mass is 9.96. The molecule has 146 valence electrons. The number of fused-ring (bicyclic) bond motifs is 4. The molecule has 0 radical (unpaired) electrons. The van der Waals surface area contributed by atoms with Crippen LogP contribution in [0.2, 0.25) is 0 Å². The second-order valence-electron chi connectivity index (χ2n) is 6.90. The van der Waals surface area contributed by atoms with Crippen LogP contribution in [0.1, 0.15) is 24.8 Å². The zero-order chi connectivity index (χ0) is 19.5. The number of carboxylic acids is 1. The van der Waals surface area contributed by atoms with Crippen LogP contribution in [0.5, 0.6) is 17.2 Å². The van der Waals surface area contributed by atoms with E-state index in [4.69, 9.17) is 19.3 Å². The predicted octanol–water partition coefficient (Wildman–Crippen LogP) is 4.07. The van der Waals surface area contributed by atoms with Crippen LogP contribution in [0.3, 0.4) is 0 Å². The quantitative estimate of drug-likeness (QED) is 0.452. The normalized spacial score (nSPS) is 12.6. The van der Waals surface area contributed by atoms with Gasteiger partial charge in [0.2, 0.25) is 6.79 Å². The van der Waals surface area contributed by atoms with E-state index < -0.39 is 5.97 Å². The van der Waals surface area contributed by atoms with Gasteiger partial charge in [-0.1, -0.05) is 6.07 Å². The number of carbonyl (C=O) groups is 1. The lowest BCUT2D eigenvalue weighted by Crippen LogP contribution is -2.15. The average Bonchev–Trinajstić information content (AvgIpc) is 3.15. The van der Waals surface area contributed by atoms with Crippen molar-refractivity contribution in [3.63, 3.8) is 0 Å². The standard InChI is InChI=1S/C22H23NO5/c1-26-16-5-6-17-15(12-23-7-3-2-4-22(24)25)8-14-9-20-21(28-13-27-20)11-18(14)19(17)10-16/h5-6,8-11,23H,2-4,7,12-13H2,1H3,(H,24,25). The van der Waals surface area contributed by atoms with Crippen LogP contribution in [0, 0.1) is 0 Å². The van der Waals surface area contributed by atoms with Crippen molar-refractivity contribution in [1.82, 2.24) is 5.32 Å². The molecule has 0 saturated heterocycles. The maximum atomic E-state index is 10.6. The van der Waals surface area contributed by atoms with E-state index in [2.05, 4.69) is 23.5 Å². The van der Waals surface area contributed by atoms with Crippen molar-refractivity contribution >= 4 is 27.5 Å². The Balaban J connectivity index is 1.65. The Hall–Kier alpha value is -2.99. The molecule has 6 heteroatoms. The van der Waals surface area contributed by atoms with Gasteiger partial charge in [0.05, 0.1) is 7.11 Å². The molecular weight excluding hydrogens is 358 g/mol. The van der Waals surface area contributed by atoms with Crippen LogP contribution >= 0.6 is 0 Å². The number of aliphatic carboxylic acids is 1. The number of nitrogens with one attached hydrogen (secondary N) is 1. The Labute approximate surface area is 163 Å². The second kappa shape index (κ2) is 7.94. The fourth-order valence-electron chi connectivity index (χ4n) is 3.62. The van der Waals surface area contributed by atoms with Crippen LogP contribution in [0.25, 0.3) is 21.5 Å². The van der Waals surface area contributed by atoms with E-state index in [0.29, 0.717) is 13.0 Å². The van der Waals surface area contributed by atoms with Gasteiger partial charge in [0.15, 0.2) is 11.5 Å². The topological polar surface area (TPSA) is 77.0 Å². The molecule has 0 saturated carbocycles. The molecule has 2 N–H and O–H groups in total. The molecule has 28 heavy (non-hydrogen) atoms. The number of ether oxygens (including phenoxy) is 3. The summed E-state index contributed by atoms with van der Waals surface area (Å²) in [5, 5.41) is 16.6. The number of benzene rings is 3. The van der Waals surface area contributed by atoms with Crippen LogP contribution in [0.4, 0.5) is 0 Å². The van der Waals surface area contributed by atoms with Gasteiger partial charge in [0.1, 0.15) is 5.75 Å². The highest BCUT2D eigenvalue weighted by molar-refractivity contribution is 6.10. The summed E-state index contributed by atoms with van der Waals surface area (Å²) >= 11 is 0. The molecule has 1 aliphatic rings. The molecule has 1 aliphatic heterocycles. The van der Waals surface area contributed by atoms with Gasteiger partial charge in [0, 0.05) is 13.0 Å². The molecule has 0 atom stereocenters. The fourth-order valence-corrected chi connectivity index (χ4v) is 3.62. The Morgan fingerprint density at radius 3 is 2.68 bits per heavy atom. The summed E-state index contributed by atoms with van der Waals surface area (Å²) in [7, 11) is 1.67. The maximum absolute atomic E-state index is 10.6. The minimum absolute atomic E-state index is 0.216. The number of rotatable bonds is 8. The molecule has 3 aromatic rings. The van der Waals surface area contributed by atoms with Crippen molar-refractivity contribution in [3.8, 4) is 17.2 Å². The lowest BCUT2D eigenvalue weighted by molar-refractivity contribution is -0.137. The molecular formula is C22H23NO5. The van der Waals surface area contributed by atoms with E-state index in [9.17, 15) is 4.79 Å². The first kappa shape index (κ1) is 18.4. The Kier molecular flexibility index (Phi) is 5.21. The zero-order valence-corrected chi connectivity index (χ0v) is 15.8. The van der Waals surface area contributed by atoms with Crippen molar-refractivity contribution in [3.05, 3.63) is 42.0 Å². The summed E-state index contributed by atoms with van der Waals surface area (Å²) in [6, 6.07) is 12.3. The van der Waals surface area contributed by atoms with Gasteiger partial charge < -0.3 is 24.6 Å². The molecule has 1 heterocycles. The highest BCUT2D eigenvalue weighted by Gasteiger charge is 2.17. The van der Waals surface area contributed by atoms with Crippen molar-refractivity contribution in [1.29, 1.82) is 0 Å². The van der Waals surface area contributed by atoms with Crippen LogP contribution in [-0.4, -0.2) is 31.5 Å². The van der Waals surface area contributed by atoms with E-state index in [1.807, 2.05) is 18.2 Å². The van der Waals surface area contributed by atoms with E-state index in [-0.39, 0.29) is 13.2 Å². The zero-order valence-electron chi connectivity index (χ0n) is 15.8. The van der Waals surface area contributed by atoms with Crippen molar-refractivity contribution in [2.45, 2.75) is 25.8 Å². The average molecular weight is 381 g/mol. The first-order chi connectivity index (χ1) is 13.7. The van der Waals surface area contributed by atoms with Crippen molar-refractivity contribution in [2.75, 3.05) is 20.4 Å². The third kappa shape index (κ3) is 3.68. The molecule has 4 rings (SSSR count). The minimum Gasteiger partial charge on any atom is -0.497 e. The van der Waals surface area contributed by atoms with Crippen LogP contribution in [0.15, 0.2) is 36.4 Å². The fraction of sp³-hybridized carbons (Fsp3) is 0.318. The van der Waals surface area contributed by atoms with E-state index >= 15 is 0 Å². The van der Waals surface area contributed by atoms with Gasteiger partial charge in [-0.25, -0.2) is 0 Å². The monoisotopic (exact) mass is 381 g/mol. The summed E-state index contributed by atoms with van der Waals surface area (Å²) in [5.74, 6) is 1.60. The number of unbranched alkanes of at least 4 members (excludes halogenated alkanes) is 1. The van der Waals surface area contributed by atoms with Crippen molar-refractivity contribution < 1.29 is 24.1 Å². The van der Waals surface area contributed by atoms with Gasteiger partial charge in [-0.15, -0.1) is 0 Å². The number of hydrogen-bond acceptors (Lipinski definition) is 5. The number of hydrogen-bond donors (Lipinski definition) is 2. The SMILES string of the molecule is COc1ccc2c(CNCCCCC(=O)O)cc3cc4c(cc3c2c1)OCO4. The van der Waals surface area contributed by atoms with Crippen molar-refractivity contribution in [2.24, 2.45) is 0 Å². The summed E-state index contributed by atoms with van der Waals surface area (Å²) in [5.41, 5.74) is 1.18. The van der Waals surface area contributed by atoms with E-state index in [1.54, 1.807) is 7.11 Å². The van der Waals surface area contributed by atoms with Gasteiger partial charge >= 0.3 is 5.97 Å². The van der Waals surface area contributed by atoms with E-state index in [0.717, 1.165) is 51.8 Å². The van der Waals surface area contributed by atoms with Gasteiger partial charge in [0.25, 0.3) is 0 Å². The summed E-state index contributed by atoms with van der Waals surface area (Å²) in [6.45, 7) is 1.74. The smallest absolute Gasteiger partial charge is 0.303 e.